The molecule has 0 saturated carbocycles. The van der Waals surface area contributed by atoms with E-state index in [-0.39, 0.29) is 29.3 Å². The smallest absolute Gasteiger partial charge is 0.244 e. The lowest BCUT2D eigenvalue weighted by atomic mass is 10.0. The average molecular weight is 433 g/mol. The van der Waals surface area contributed by atoms with Crippen LogP contribution >= 0.6 is 0 Å². The summed E-state index contributed by atoms with van der Waals surface area (Å²) in [5.74, 6) is 1.14. The van der Waals surface area contributed by atoms with Gasteiger partial charge in [0.25, 0.3) is 0 Å². The summed E-state index contributed by atoms with van der Waals surface area (Å²) in [4.78, 5) is 29.2. The van der Waals surface area contributed by atoms with E-state index in [2.05, 4.69) is 15.0 Å². The second kappa shape index (κ2) is 8.65. The molecule has 3 heterocycles. The van der Waals surface area contributed by atoms with Gasteiger partial charge in [-0.3, -0.25) is 9.78 Å². The van der Waals surface area contributed by atoms with Gasteiger partial charge in [0.2, 0.25) is 15.9 Å². The van der Waals surface area contributed by atoms with Crippen LogP contribution in [0.25, 0.3) is 0 Å². The zero-order chi connectivity index (χ0) is 22.1. The summed E-state index contributed by atoms with van der Waals surface area (Å²) in [6.45, 7) is 4.61. The number of carbonyl (C=O) groups is 1. The maximum Gasteiger partial charge on any atom is 0.244 e. The summed E-state index contributed by atoms with van der Waals surface area (Å²) in [6.07, 6.45) is 3.24. The Morgan fingerprint density at radius 3 is 2.53 bits per heavy atom. The largest absolute Gasteiger partial charge is 0.363 e. The quantitative estimate of drug-likeness (QED) is 0.653. The van der Waals surface area contributed by atoms with Crippen LogP contribution < -0.4 is 4.90 Å². The zero-order valence-electron chi connectivity index (χ0n) is 18.0. The molecule has 0 spiro atoms. The fourth-order valence-corrected chi connectivity index (χ4v) is 4.49. The topological polar surface area (TPSA) is 99.6 Å². The van der Waals surface area contributed by atoms with Gasteiger partial charge in [0.15, 0.2) is 0 Å². The van der Waals surface area contributed by atoms with Crippen molar-refractivity contribution in [3.8, 4) is 0 Å². The van der Waals surface area contributed by atoms with Gasteiger partial charge >= 0.3 is 0 Å². The van der Waals surface area contributed by atoms with Crippen molar-refractivity contribution in [2.75, 3.05) is 32.6 Å². The predicted molar refractivity (Wildman–Crippen MR) is 113 cm³/mol. The summed E-state index contributed by atoms with van der Waals surface area (Å²) in [5.41, 5.74) is 0.757. The number of aromatic nitrogens is 3. The number of rotatable bonds is 7. The number of likely N-dealkylation sites (tertiary alicyclic amines) is 1. The third-order valence-electron chi connectivity index (χ3n) is 5.14. The van der Waals surface area contributed by atoms with E-state index in [1.165, 1.54) is 29.8 Å². The minimum Gasteiger partial charge on any atom is -0.363 e. The molecule has 2 aromatic heterocycles. The van der Waals surface area contributed by atoms with Gasteiger partial charge in [-0.1, -0.05) is 0 Å². The van der Waals surface area contributed by atoms with Gasteiger partial charge in [0.05, 0.1) is 12.2 Å². The monoisotopic (exact) mass is 432 g/mol. The van der Waals surface area contributed by atoms with E-state index >= 15 is 0 Å². The number of amides is 1. The highest BCUT2D eigenvalue weighted by molar-refractivity contribution is 7.89. The maximum atomic E-state index is 12.8. The van der Waals surface area contributed by atoms with Gasteiger partial charge in [-0.2, -0.15) is 4.31 Å². The molecule has 1 aliphatic heterocycles. The second-order valence-corrected chi connectivity index (χ2v) is 10.00. The van der Waals surface area contributed by atoms with Crippen molar-refractivity contribution < 1.29 is 13.2 Å². The van der Waals surface area contributed by atoms with Crippen molar-refractivity contribution in [2.45, 2.75) is 43.7 Å². The molecule has 10 heteroatoms. The molecular weight excluding hydrogens is 404 g/mol. The molecule has 30 heavy (non-hydrogen) atoms. The van der Waals surface area contributed by atoms with E-state index < -0.39 is 10.0 Å². The van der Waals surface area contributed by atoms with Crippen LogP contribution in [0.4, 0.5) is 5.82 Å². The molecule has 9 nitrogen and oxygen atoms in total. The number of nitrogens with zero attached hydrogens (tertiary/aromatic N) is 6. The summed E-state index contributed by atoms with van der Waals surface area (Å²) < 4.78 is 26.9. The summed E-state index contributed by atoms with van der Waals surface area (Å²) >= 11 is 0. The van der Waals surface area contributed by atoms with Gasteiger partial charge in [-0.05, 0) is 26.0 Å². The highest BCUT2D eigenvalue weighted by Gasteiger charge is 2.33. The van der Waals surface area contributed by atoms with Crippen molar-refractivity contribution in [1.82, 2.24) is 24.2 Å². The van der Waals surface area contributed by atoms with E-state index in [4.69, 9.17) is 0 Å². The average Bonchev–Trinajstić information content (AvgIpc) is 3.10. The molecule has 1 amide bonds. The zero-order valence-corrected chi connectivity index (χ0v) is 18.8. The number of carbonyl (C=O) groups excluding carboxylic acids is 1. The fourth-order valence-electron chi connectivity index (χ4n) is 3.40. The van der Waals surface area contributed by atoms with Crippen LogP contribution in [0.1, 0.15) is 37.7 Å². The third kappa shape index (κ3) is 4.59. The molecule has 0 unspecified atom stereocenters. The molecule has 1 saturated heterocycles. The first-order chi connectivity index (χ1) is 14.1. The molecule has 1 aliphatic rings. The highest BCUT2D eigenvalue weighted by Crippen LogP contribution is 2.30. The predicted octanol–water partition coefficient (Wildman–Crippen LogP) is 1.48. The number of anilines is 1. The van der Waals surface area contributed by atoms with Crippen LogP contribution in [0, 0.1) is 0 Å². The first-order valence-electron chi connectivity index (χ1n) is 9.80. The van der Waals surface area contributed by atoms with E-state index in [1.807, 2.05) is 43.8 Å². The van der Waals surface area contributed by atoms with Crippen LogP contribution in [0.15, 0.2) is 35.5 Å². The number of hydrogen-bond donors (Lipinski definition) is 0. The molecule has 0 N–H and O–H groups in total. The standard InChI is InChI=1S/C20H28N6O3S/c1-14(2)26-12-15(9-20(26)27)17-10-19(24(3)4)23-18(22-17)13-25(5)30(28,29)16-7-6-8-21-11-16/h6-8,10-11,14-15H,9,12-13H2,1-5H3/t15-/m0/s1. The Kier molecular flexibility index (Phi) is 6.37. The summed E-state index contributed by atoms with van der Waals surface area (Å²) in [5, 5.41) is 0. The van der Waals surface area contributed by atoms with Crippen LogP contribution in [-0.4, -0.2) is 72.2 Å². The molecule has 0 bridgehead atoms. The van der Waals surface area contributed by atoms with Gasteiger partial charge < -0.3 is 9.80 Å². The Bertz CT molecular complexity index is 1010. The van der Waals surface area contributed by atoms with E-state index in [0.29, 0.717) is 24.6 Å². The van der Waals surface area contributed by atoms with Gasteiger partial charge in [0, 0.05) is 64.5 Å². The molecule has 1 atom stereocenters. The first-order valence-corrected chi connectivity index (χ1v) is 11.2. The lowest BCUT2D eigenvalue weighted by molar-refractivity contribution is -0.129. The first kappa shape index (κ1) is 22.1. The molecule has 162 valence electrons. The minimum absolute atomic E-state index is 0.0144. The Balaban J connectivity index is 1.89. The van der Waals surface area contributed by atoms with Crippen LogP contribution in [0.2, 0.25) is 0 Å². The second-order valence-electron chi connectivity index (χ2n) is 7.95. The Morgan fingerprint density at radius 1 is 1.23 bits per heavy atom. The summed E-state index contributed by atoms with van der Waals surface area (Å²) in [7, 11) is 1.51. The van der Waals surface area contributed by atoms with Crippen LogP contribution in [0.5, 0.6) is 0 Å². The molecule has 1 fully saturated rings. The van der Waals surface area contributed by atoms with E-state index in [0.717, 1.165) is 5.69 Å². The van der Waals surface area contributed by atoms with Crippen molar-refractivity contribution in [2.24, 2.45) is 0 Å². The molecule has 0 aromatic carbocycles. The number of hydrogen-bond acceptors (Lipinski definition) is 7. The maximum absolute atomic E-state index is 12.8. The van der Waals surface area contributed by atoms with Crippen molar-refractivity contribution in [3.05, 3.63) is 42.1 Å². The Labute approximate surface area is 177 Å². The SMILES string of the molecule is CC(C)N1C[C@@H](c2cc(N(C)C)nc(CN(C)S(=O)(=O)c3cccnc3)n2)CC1=O. The van der Waals surface area contributed by atoms with Gasteiger partial charge in [-0.15, -0.1) is 0 Å². The number of sulfonamides is 1. The Hall–Kier alpha value is -2.59. The van der Waals surface area contributed by atoms with Crippen molar-refractivity contribution in [3.63, 3.8) is 0 Å². The van der Waals surface area contributed by atoms with Crippen LogP contribution in [-0.2, 0) is 21.4 Å². The molecule has 0 aliphatic carbocycles. The van der Waals surface area contributed by atoms with Crippen molar-refractivity contribution >= 4 is 21.7 Å². The summed E-state index contributed by atoms with van der Waals surface area (Å²) in [6, 6.07) is 5.10. The third-order valence-corrected chi connectivity index (χ3v) is 6.93. The minimum atomic E-state index is -3.72. The normalized spacial score (nSPS) is 17.2. The fraction of sp³-hybridized carbons (Fsp3) is 0.500. The lowest BCUT2D eigenvalue weighted by Gasteiger charge is -2.22. The Morgan fingerprint density at radius 2 is 1.97 bits per heavy atom. The molecule has 2 aromatic rings. The molecule has 3 rings (SSSR count). The molecular formula is C20H28N6O3S. The number of pyridine rings is 1. The van der Waals surface area contributed by atoms with Crippen molar-refractivity contribution in [1.29, 1.82) is 0 Å². The van der Waals surface area contributed by atoms with Gasteiger partial charge in [-0.25, -0.2) is 18.4 Å². The van der Waals surface area contributed by atoms with Crippen LogP contribution in [0.3, 0.4) is 0 Å². The highest BCUT2D eigenvalue weighted by atomic mass is 32.2. The van der Waals surface area contributed by atoms with Gasteiger partial charge in [0.1, 0.15) is 16.5 Å². The van der Waals surface area contributed by atoms with E-state index in [1.54, 1.807) is 6.07 Å². The van der Waals surface area contributed by atoms with E-state index in [9.17, 15) is 13.2 Å². The lowest BCUT2D eigenvalue weighted by Crippen LogP contribution is -2.32. The molecule has 0 radical (unpaired) electrons.